The first-order chi connectivity index (χ1) is 11.9. The highest BCUT2D eigenvalue weighted by atomic mass is 32.2. The molecule has 0 unspecified atom stereocenters. The van der Waals surface area contributed by atoms with Crippen molar-refractivity contribution in [1.82, 2.24) is 0 Å². The molecule has 2 aromatic rings. The van der Waals surface area contributed by atoms with Crippen LogP contribution >= 0.6 is 0 Å². The summed E-state index contributed by atoms with van der Waals surface area (Å²) in [5.74, 6) is 0.00391. The smallest absolute Gasteiger partial charge is 0.312 e. The van der Waals surface area contributed by atoms with E-state index in [4.69, 9.17) is 4.74 Å². The van der Waals surface area contributed by atoms with E-state index in [9.17, 15) is 18.5 Å². The number of aryl methyl sites for hydroxylation is 1. The van der Waals surface area contributed by atoms with Gasteiger partial charge in [0.05, 0.1) is 16.9 Å². The lowest BCUT2D eigenvalue weighted by Crippen LogP contribution is -2.13. The van der Waals surface area contributed by atoms with Gasteiger partial charge in [0.2, 0.25) is 0 Å². The van der Waals surface area contributed by atoms with Gasteiger partial charge in [-0.2, -0.15) is 0 Å². The molecule has 25 heavy (non-hydrogen) atoms. The molecule has 0 saturated heterocycles. The molecule has 7 nitrogen and oxygen atoms in total. The number of hydrogen-bond acceptors (Lipinski definition) is 5. The van der Waals surface area contributed by atoms with E-state index >= 15 is 0 Å². The van der Waals surface area contributed by atoms with Gasteiger partial charge in [-0.15, -0.1) is 0 Å². The van der Waals surface area contributed by atoms with Crippen molar-refractivity contribution in [3.63, 3.8) is 0 Å². The van der Waals surface area contributed by atoms with Gasteiger partial charge in [-0.05, 0) is 42.7 Å². The van der Waals surface area contributed by atoms with Crippen LogP contribution in [0, 0.1) is 10.1 Å². The Morgan fingerprint density at radius 2 is 1.84 bits per heavy atom. The number of benzene rings is 2. The van der Waals surface area contributed by atoms with Gasteiger partial charge in [-0.25, -0.2) is 8.42 Å². The van der Waals surface area contributed by atoms with E-state index in [1.807, 2.05) is 12.1 Å². The molecular formula is C17H20N2O5S. The molecule has 0 saturated carbocycles. The average molecular weight is 364 g/mol. The van der Waals surface area contributed by atoms with Gasteiger partial charge in [0.15, 0.2) is 5.75 Å². The van der Waals surface area contributed by atoms with Gasteiger partial charge in [-0.3, -0.25) is 14.8 Å². The first kappa shape index (κ1) is 18.7. The third kappa shape index (κ3) is 4.69. The van der Waals surface area contributed by atoms with E-state index in [2.05, 4.69) is 11.6 Å². The topological polar surface area (TPSA) is 98.5 Å². The monoisotopic (exact) mass is 364 g/mol. The first-order valence-corrected chi connectivity index (χ1v) is 9.30. The number of nitrogens with one attached hydrogen (secondary N) is 1. The maximum atomic E-state index is 12.5. The minimum absolute atomic E-state index is 0.00391. The second kappa shape index (κ2) is 7.98. The Labute approximate surface area is 146 Å². The maximum Gasteiger partial charge on any atom is 0.312 e. The standard InChI is InChI=1S/C17H20N2O5S/c1-3-4-5-13-6-8-14(9-7-13)18-25(22,23)15-10-11-17(24-2)16(12-15)19(20)21/h6-12,18H,3-5H2,1-2H3. The number of nitro benzene ring substituents is 1. The lowest BCUT2D eigenvalue weighted by Gasteiger charge is -2.10. The Kier molecular flexibility index (Phi) is 5.97. The SMILES string of the molecule is CCCCc1ccc(NS(=O)(=O)c2ccc(OC)c([N+](=O)[O-])c2)cc1. The normalized spacial score (nSPS) is 11.1. The molecule has 134 valence electrons. The van der Waals surface area contributed by atoms with Crippen LogP contribution in [0.4, 0.5) is 11.4 Å². The van der Waals surface area contributed by atoms with Crippen LogP contribution in [0.15, 0.2) is 47.4 Å². The summed E-state index contributed by atoms with van der Waals surface area (Å²) in [5.41, 5.74) is 1.13. The summed E-state index contributed by atoms with van der Waals surface area (Å²) < 4.78 is 32.2. The Hall–Kier alpha value is -2.61. The molecule has 0 aliphatic carbocycles. The molecule has 0 amide bonds. The molecule has 0 aliphatic heterocycles. The molecule has 0 fully saturated rings. The number of nitro groups is 1. The van der Waals surface area contributed by atoms with E-state index < -0.39 is 20.6 Å². The summed E-state index contributed by atoms with van der Waals surface area (Å²) >= 11 is 0. The molecule has 0 atom stereocenters. The van der Waals surface area contributed by atoms with Gasteiger partial charge in [0.1, 0.15) is 0 Å². The van der Waals surface area contributed by atoms with Crippen molar-refractivity contribution in [3.05, 3.63) is 58.1 Å². The summed E-state index contributed by atoms with van der Waals surface area (Å²) in [6, 6.07) is 10.6. The van der Waals surface area contributed by atoms with Crippen LogP contribution in [0.2, 0.25) is 0 Å². The molecule has 0 bridgehead atoms. The summed E-state index contributed by atoms with van der Waals surface area (Å²) in [7, 11) is -2.65. The Bertz CT molecular complexity index is 848. The third-order valence-corrected chi connectivity index (χ3v) is 5.06. The van der Waals surface area contributed by atoms with Crippen LogP contribution in [0.5, 0.6) is 5.75 Å². The van der Waals surface area contributed by atoms with Crippen LogP contribution in [0.25, 0.3) is 0 Å². The minimum Gasteiger partial charge on any atom is -0.490 e. The van der Waals surface area contributed by atoms with Crippen molar-refractivity contribution in [2.45, 2.75) is 31.1 Å². The predicted molar refractivity (Wildman–Crippen MR) is 95.5 cm³/mol. The van der Waals surface area contributed by atoms with Crippen molar-refractivity contribution >= 4 is 21.4 Å². The molecule has 2 rings (SSSR count). The quantitative estimate of drug-likeness (QED) is 0.568. The molecule has 0 aromatic heterocycles. The predicted octanol–water partition coefficient (Wildman–Crippen LogP) is 3.75. The van der Waals surface area contributed by atoms with Gasteiger partial charge in [-0.1, -0.05) is 25.5 Å². The van der Waals surface area contributed by atoms with Gasteiger partial charge in [0.25, 0.3) is 10.0 Å². The summed E-state index contributed by atoms with van der Waals surface area (Å²) in [5, 5.41) is 11.1. The first-order valence-electron chi connectivity index (χ1n) is 7.81. The number of hydrogen-bond donors (Lipinski definition) is 1. The number of sulfonamides is 1. The Balaban J connectivity index is 2.24. The number of methoxy groups -OCH3 is 1. The van der Waals surface area contributed by atoms with E-state index in [1.165, 1.54) is 19.2 Å². The molecule has 0 heterocycles. The zero-order valence-electron chi connectivity index (χ0n) is 14.1. The van der Waals surface area contributed by atoms with Gasteiger partial charge in [0, 0.05) is 11.8 Å². The fraction of sp³-hybridized carbons (Fsp3) is 0.294. The highest BCUT2D eigenvalue weighted by Crippen LogP contribution is 2.30. The van der Waals surface area contributed by atoms with Gasteiger partial charge >= 0.3 is 5.69 Å². The zero-order valence-corrected chi connectivity index (χ0v) is 14.9. The van der Waals surface area contributed by atoms with Gasteiger partial charge < -0.3 is 4.74 Å². The number of unbranched alkanes of at least 4 members (excludes halogenated alkanes) is 1. The highest BCUT2D eigenvalue weighted by Gasteiger charge is 2.22. The van der Waals surface area contributed by atoms with Crippen LogP contribution < -0.4 is 9.46 Å². The van der Waals surface area contributed by atoms with E-state index in [0.717, 1.165) is 30.9 Å². The second-order valence-electron chi connectivity index (χ2n) is 5.50. The molecule has 1 N–H and O–H groups in total. The van der Waals surface area contributed by atoms with Crippen LogP contribution in [0.1, 0.15) is 25.3 Å². The van der Waals surface area contributed by atoms with Crippen molar-refractivity contribution < 1.29 is 18.1 Å². The number of rotatable bonds is 8. The molecule has 8 heteroatoms. The number of nitrogens with zero attached hydrogens (tertiary/aromatic N) is 1. The second-order valence-corrected chi connectivity index (χ2v) is 7.18. The summed E-state index contributed by atoms with van der Waals surface area (Å²) in [6.07, 6.45) is 3.10. The largest absolute Gasteiger partial charge is 0.490 e. The molecule has 0 radical (unpaired) electrons. The van der Waals surface area contributed by atoms with Crippen LogP contribution in [0.3, 0.4) is 0 Å². The fourth-order valence-electron chi connectivity index (χ4n) is 2.31. The van der Waals surface area contributed by atoms with E-state index in [-0.39, 0.29) is 10.6 Å². The molecular weight excluding hydrogens is 344 g/mol. The third-order valence-electron chi connectivity index (χ3n) is 3.68. The Morgan fingerprint density at radius 3 is 2.40 bits per heavy atom. The van der Waals surface area contributed by atoms with E-state index in [1.54, 1.807) is 12.1 Å². The lowest BCUT2D eigenvalue weighted by atomic mass is 10.1. The Morgan fingerprint density at radius 1 is 1.16 bits per heavy atom. The number of ether oxygens (including phenoxy) is 1. The molecule has 0 spiro atoms. The zero-order chi connectivity index (χ0) is 18.4. The fourth-order valence-corrected chi connectivity index (χ4v) is 3.39. The van der Waals surface area contributed by atoms with Crippen molar-refractivity contribution in [2.24, 2.45) is 0 Å². The minimum atomic E-state index is -3.93. The highest BCUT2D eigenvalue weighted by molar-refractivity contribution is 7.92. The summed E-state index contributed by atoms with van der Waals surface area (Å²) in [6.45, 7) is 2.11. The average Bonchev–Trinajstić information content (AvgIpc) is 2.60. The van der Waals surface area contributed by atoms with Crippen molar-refractivity contribution in [2.75, 3.05) is 11.8 Å². The lowest BCUT2D eigenvalue weighted by molar-refractivity contribution is -0.386. The van der Waals surface area contributed by atoms with E-state index in [0.29, 0.717) is 5.69 Å². The molecule has 2 aromatic carbocycles. The van der Waals surface area contributed by atoms with Crippen LogP contribution in [-0.4, -0.2) is 20.5 Å². The maximum absolute atomic E-state index is 12.5. The van der Waals surface area contributed by atoms with Crippen molar-refractivity contribution in [3.8, 4) is 5.75 Å². The number of anilines is 1. The van der Waals surface area contributed by atoms with Crippen LogP contribution in [-0.2, 0) is 16.4 Å². The summed E-state index contributed by atoms with van der Waals surface area (Å²) in [4.78, 5) is 10.2. The molecule has 0 aliphatic rings. The van der Waals surface area contributed by atoms with Crippen molar-refractivity contribution in [1.29, 1.82) is 0 Å².